The molecule has 1 N–H and O–H groups in total. The van der Waals surface area contributed by atoms with Crippen LogP contribution in [-0.4, -0.2) is 35.0 Å². The van der Waals surface area contributed by atoms with Crippen LogP contribution < -0.4 is 0 Å². The molecule has 0 aromatic rings. The summed E-state index contributed by atoms with van der Waals surface area (Å²) in [7, 11) is 0. The number of aliphatic carboxylic acids is 1. The van der Waals surface area contributed by atoms with Gasteiger partial charge in [0.2, 0.25) is 0 Å². The van der Waals surface area contributed by atoms with E-state index >= 15 is 0 Å². The summed E-state index contributed by atoms with van der Waals surface area (Å²) in [5.74, 6) is -21.3. The lowest BCUT2D eigenvalue weighted by atomic mass is 9.97. The van der Waals surface area contributed by atoms with Gasteiger partial charge in [0.15, 0.2) is 0 Å². The van der Waals surface area contributed by atoms with Crippen LogP contribution in [0.5, 0.6) is 0 Å². The van der Waals surface area contributed by atoms with Crippen LogP contribution in [0.4, 0.5) is 39.5 Å². The highest BCUT2D eigenvalue weighted by atomic mass is 19.4. The Balaban J connectivity index is 5.27. The first kappa shape index (κ1) is 18.6. The van der Waals surface area contributed by atoms with E-state index in [4.69, 9.17) is 5.11 Å². The summed E-state index contributed by atoms with van der Waals surface area (Å²) >= 11 is 0. The van der Waals surface area contributed by atoms with Gasteiger partial charge in [-0.05, 0) is 6.42 Å². The quantitative estimate of drug-likeness (QED) is 0.596. The van der Waals surface area contributed by atoms with Crippen LogP contribution in [0.25, 0.3) is 0 Å². The second-order valence-electron chi connectivity index (χ2n) is 3.76. The molecule has 11 heteroatoms. The molecule has 2 nitrogen and oxygen atoms in total. The zero-order valence-electron chi connectivity index (χ0n) is 9.38. The summed E-state index contributed by atoms with van der Waals surface area (Å²) in [5.41, 5.74) is -1.03. The van der Waals surface area contributed by atoms with Gasteiger partial charge in [-0.2, -0.15) is 39.5 Å². The molecule has 0 aromatic heterocycles. The maximum absolute atomic E-state index is 12.9. The number of alkyl halides is 9. The number of hydrogen-bond acceptors (Lipinski definition) is 1. The predicted molar refractivity (Wildman–Crippen MR) is 46.9 cm³/mol. The number of carbonyl (C=O) groups is 1. The fourth-order valence-corrected chi connectivity index (χ4v) is 0.979. The molecular weight excluding hydrogens is 311 g/mol. The molecule has 0 aliphatic rings. The number of carboxylic acid groups (broad SMARTS) is 1. The van der Waals surface area contributed by atoms with Crippen molar-refractivity contribution in [2.75, 3.05) is 0 Å². The summed E-state index contributed by atoms with van der Waals surface area (Å²) in [6.45, 7) is 2.66. The maximum Gasteiger partial charge on any atom is 0.460 e. The number of rotatable bonds is 6. The van der Waals surface area contributed by atoms with Crippen molar-refractivity contribution in [2.24, 2.45) is 0 Å². The van der Waals surface area contributed by atoms with Crippen molar-refractivity contribution >= 4 is 5.97 Å². The lowest BCUT2D eigenvalue weighted by Gasteiger charge is -2.33. The molecule has 0 saturated heterocycles. The van der Waals surface area contributed by atoms with E-state index in [1.807, 2.05) is 0 Å². The topological polar surface area (TPSA) is 37.3 Å². The Bertz CT molecular complexity index is 397. The molecule has 0 aromatic carbocycles. The van der Waals surface area contributed by atoms with Gasteiger partial charge in [0.05, 0.1) is 0 Å². The van der Waals surface area contributed by atoms with Gasteiger partial charge in [-0.3, -0.25) is 0 Å². The normalized spacial score (nSPS) is 14.2. The third kappa shape index (κ3) is 3.18. The van der Waals surface area contributed by atoms with Gasteiger partial charge < -0.3 is 5.11 Å². The molecule has 0 fully saturated rings. The highest BCUT2D eigenvalue weighted by Crippen LogP contribution is 2.54. The van der Waals surface area contributed by atoms with E-state index in [0.29, 0.717) is 0 Å². The fraction of sp³-hybridized carbons (Fsp3) is 0.667. The molecule has 0 amide bonds. The van der Waals surface area contributed by atoms with E-state index in [-0.39, 0.29) is 0 Å². The second kappa shape index (κ2) is 5.17. The van der Waals surface area contributed by atoms with Crippen LogP contribution in [0.3, 0.4) is 0 Å². The third-order valence-electron chi connectivity index (χ3n) is 2.25. The van der Waals surface area contributed by atoms with Crippen molar-refractivity contribution < 1.29 is 49.4 Å². The SMILES string of the molecule is C=C(CCC(F)(F)C(F)(F)C(F)(F)C(F)(F)F)C(=O)O. The molecule has 0 rings (SSSR count). The van der Waals surface area contributed by atoms with E-state index in [1.165, 1.54) is 0 Å². The summed E-state index contributed by atoms with van der Waals surface area (Å²) in [4.78, 5) is 10.2. The fourth-order valence-electron chi connectivity index (χ4n) is 0.979. The van der Waals surface area contributed by atoms with E-state index in [2.05, 4.69) is 6.58 Å². The average Bonchev–Trinajstić information content (AvgIpc) is 2.23. The molecule has 20 heavy (non-hydrogen) atoms. The monoisotopic (exact) mass is 318 g/mol. The number of halogens is 9. The van der Waals surface area contributed by atoms with Gasteiger partial charge in [-0.15, -0.1) is 0 Å². The third-order valence-corrected chi connectivity index (χ3v) is 2.25. The lowest BCUT2D eigenvalue weighted by Crippen LogP contribution is -2.60. The molecule has 0 aliphatic carbocycles. The minimum absolute atomic E-state index is 1.03. The molecule has 0 radical (unpaired) electrons. The van der Waals surface area contributed by atoms with Crippen molar-refractivity contribution in [1.29, 1.82) is 0 Å². The van der Waals surface area contributed by atoms with Gasteiger partial charge in [-0.1, -0.05) is 6.58 Å². The summed E-state index contributed by atoms with van der Waals surface area (Å²) in [6.07, 6.45) is -10.5. The first-order valence-electron chi connectivity index (χ1n) is 4.69. The number of carboxylic acids is 1. The Kier molecular flexibility index (Phi) is 4.80. The molecule has 0 heterocycles. The smallest absolute Gasteiger partial charge is 0.460 e. The number of hydrogen-bond donors (Lipinski definition) is 1. The largest absolute Gasteiger partial charge is 0.478 e. The molecule has 0 unspecified atom stereocenters. The van der Waals surface area contributed by atoms with Gasteiger partial charge in [0, 0.05) is 12.0 Å². The Hall–Kier alpha value is -1.42. The zero-order valence-corrected chi connectivity index (χ0v) is 9.38. The van der Waals surface area contributed by atoms with E-state index in [9.17, 15) is 44.3 Å². The van der Waals surface area contributed by atoms with Crippen molar-refractivity contribution in [2.45, 2.75) is 36.8 Å². The molecule has 0 bridgehead atoms. The summed E-state index contributed by atoms with van der Waals surface area (Å²) in [6, 6.07) is 0. The van der Waals surface area contributed by atoms with Crippen LogP contribution >= 0.6 is 0 Å². The standard InChI is InChI=1S/C9H7F9O2/c1-4(5(19)20)2-3-6(10,11)7(12,13)8(14,15)9(16,17)18/h1-3H2,(H,19,20). The Labute approximate surface area is 105 Å². The average molecular weight is 318 g/mol. The van der Waals surface area contributed by atoms with Gasteiger partial charge in [0.25, 0.3) is 0 Å². The lowest BCUT2D eigenvalue weighted by molar-refractivity contribution is -0.396. The Morgan fingerprint density at radius 3 is 1.60 bits per heavy atom. The molecule has 0 spiro atoms. The minimum atomic E-state index is -6.96. The van der Waals surface area contributed by atoms with E-state index < -0.39 is 48.3 Å². The zero-order chi connectivity index (χ0) is 16.6. The van der Waals surface area contributed by atoms with Crippen molar-refractivity contribution in [1.82, 2.24) is 0 Å². The van der Waals surface area contributed by atoms with Crippen LogP contribution in [0.15, 0.2) is 12.2 Å². The van der Waals surface area contributed by atoms with Crippen LogP contribution in [0, 0.1) is 0 Å². The minimum Gasteiger partial charge on any atom is -0.478 e. The summed E-state index contributed by atoms with van der Waals surface area (Å²) < 4.78 is 111. The molecule has 118 valence electrons. The molecular formula is C9H7F9O2. The molecule has 0 atom stereocenters. The van der Waals surface area contributed by atoms with Crippen molar-refractivity contribution in [3.63, 3.8) is 0 Å². The predicted octanol–water partition coefficient (Wildman–Crippen LogP) is 3.88. The highest BCUT2D eigenvalue weighted by Gasteiger charge is 2.81. The van der Waals surface area contributed by atoms with Crippen LogP contribution in [-0.2, 0) is 4.79 Å². The maximum atomic E-state index is 12.9. The van der Waals surface area contributed by atoms with Gasteiger partial charge >= 0.3 is 29.9 Å². The van der Waals surface area contributed by atoms with Crippen molar-refractivity contribution in [3.8, 4) is 0 Å². The van der Waals surface area contributed by atoms with Crippen LogP contribution in [0.2, 0.25) is 0 Å². The first-order valence-corrected chi connectivity index (χ1v) is 4.69. The summed E-state index contributed by atoms with van der Waals surface area (Å²) in [5, 5.41) is 8.21. The second-order valence-corrected chi connectivity index (χ2v) is 3.76. The van der Waals surface area contributed by atoms with E-state index in [0.717, 1.165) is 0 Å². The van der Waals surface area contributed by atoms with Gasteiger partial charge in [0.1, 0.15) is 0 Å². The molecule has 0 aliphatic heterocycles. The Morgan fingerprint density at radius 2 is 1.30 bits per heavy atom. The first-order chi connectivity index (χ1) is 8.58. The highest BCUT2D eigenvalue weighted by molar-refractivity contribution is 5.85. The molecule has 0 saturated carbocycles. The van der Waals surface area contributed by atoms with Gasteiger partial charge in [-0.25, -0.2) is 4.79 Å². The Morgan fingerprint density at radius 1 is 0.900 bits per heavy atom. The van der Waals surface area contributed by atoms with Crippen molar-refractivity contribution in [3.05, 3.63) is 12.2 Å². The van der Waals surface area contributed by atoms with Crippen LogP contribution in [0.1, 0.15) is 12.8 Å². The van der Waals surface area contributed by atoms with E-state index in [1.54, 1.807) is 0 Å².